The summed E-state index contributed by atoms with van der Waals surface area (Å²) in [6.07, 6.45) is 1.86. The van der Waals surface area contributed by atoms with Crippen molar-refractivity contribution in [2.75, 3.05) is 7.05 Å². The van der Waals surface area contributed by atoms with E-state index < -0.39 is 5.82 Å². The summed E-state index contributed by atoms with van der Waals surface area (Å²) in [5.74, 6) is -0.401. The molecule has 0 saturated carbocycles. The molecule has 0 aliphatic heterocycles. The van der Waals surface area contributed by atoms with Gasteiger partial charge in [0.1, 0.15) is 5.82 Å². The summed E-state index contributed by atoms with van der Waals surface area (Å²) in [5.41, 5.74) is 3.11. The third kappa shape index (κ3) is 2.93. The molecule has 0 saturated heterocycles. The molecule has 1 aromatic carbocycles. The number of hydrogen-bond acceptors (Lipinski definition) is 4. The molecule has 6 heteroatoms. The van der Waals surface area contributed by atoms with Crippen molar-refractivity contribution in [1.82, 2.24) is 14.9 Å². The molecule has 0 aliphatic carbocycles. The van der Waals surface area contributed by atoms with Gasteiger partial charge in [-0.3, -0.25) is 14.7 Å². The molecule has 0 unspecified atom stereocenters. The first kappa shape index (κ1) is 14.9. The summed E-state index contributed by atoms with van der Waals surface area (Å²) in [6, 6.07) is 5.97. The highest BCUT2D eigenvalue weighted by Crippen LogP contribution is 2.23. The van der Waals surface area contributed by atoms with Gasteiger partial charge in [-0.2, -0.15) is 0 Å². The predicted octanol–water partition coefficient (Wildman–Crippen LogP) is 3.32. The van der Waals surface area contributed by atoms with Crippen LogP contribution in [-0.2, 0) is 6.54 Å². The molecule has 2 aromatic heterocycles. The van der Waals surface area contributed by atoms with Crippen LogP contribution in [0.15, 0.2) is 40.8 Å². The molecule has 1 N–H and O–H groups in total. The Hall–Kier alpha value is -2.05. The predicted molar refractivity (Wildman–Crippen MR) is 86.5 cm³/mol. The number of aromatic nitrogens is 2. The van der Waals surface area contributed by atoms with Crippen LogP contribution in [0.2, 0.25) is 0 Å². The molecule has 0 bridgehead atoms. The number of rotatable bonds is 4. The fraction of sp³-hybridized carbons (Fsp3) is 0.250. The van der Waals surface area contributed by atoms with Crippen molar-refractivity contribution >= 4 is 22.2 Å². The number of hydrogen-bond donors (Lipinski definition) is 1. The number of halogens is 1. The second-order valence-corrected chi connectivity index (χ2v) is 6.26. The van der Waals surface area contributed by atoms with Crippen LogP contribution in [0, 0.1) is 5.82 Å². The highest BCUT2D eigenvalue weighted by Gasteiger charge is 2.14. The summed E-state index contributed by atoms with van der Waals surface area (Å²) in [7, 11) is 2.00. The lowest BCUT2D eigenvalue weighted by Gasteiger charge is -2.23. The van der Waals surface area contributed by atoms with Crippen LogP contribution >= 0.6 is 11.3 Å². The van der Waals surface area contributed by atoms with E-state index in [9.17, 15) is 9.18 Å². The molecule has 0 spiro atoms. The van der Waals surface area contributed by atoms with Crippen molar-refractivity contribution in [1.29, 1.82) is 0 Å². The zero-order valence-electron chi connectivity index (χ0n) is 12.3. The Labute approximate surface area is 131 Å². The van der Waals surface area contributed by atoms with Crippen LogP contribution in [0.5, 0.6) is 0 Å². The number of benzene rings is 1. The third-order valence-corrected chi connectivity index (χ3v) is 4.74. The second-order valence-electron chi connectivity index (χ2n) is 5.34. The lowest BCUT2D eigenvalue weighted by atomic mass is 10.1. The van der Waals surface area contributed by atoms with Gasteiger partial charge in [0.2, 0.25) is 0 Å². The number of aromatic amines is 1. The summed E-state index contributed by atoms with van der Waals surface area (Å²) in [4.78, 5) is 22.7. The van der Waals surface area contributed by atoms with Gasteiger partial charge in [0.15, 0.2) is 5.43 Å². The van der Waals surface area contributed by atoms with E-state index in [-0.39, 0.29) is 11.5 Å². The fourth-order valence-corrected chi connectivity index (χ4v) is 3.16. The SMILES string of the molecule is C[C@@H](c1cncs1)N(C)Cc1cc(=O)c2cc(F)ccc2[nH]1. The lowest BCUT2D eigenvalue weighted by molar-refractivity contribution is 0.253. The minimum Gasteiger partial charge on any atom is -0.357 e. The summed E-state index contributed by atoms with van der Waals surface area (Å²) < 4.78 is 13.2. The summed E-state index contributed by atoms with van der Waals surface area (Å²) >= 11 is 1.61. The van der Waals surface area contributed by atoms with E-state index in [2.05, 4.69) is 21.8 Å². The molecule has 0 fully saturated rings. The molecule has 3 aromatic rings. The molecule has 0 aliphatic rings. The lowest BCUT2D eigenvalue weighted by Crippen LogP contribution is -2.22. The van der Waals surface area contributed by atoms with Gasteiger partial charge < -0.3 is 4.98 Å². The van der Waals surface area contributed by atoms with Gasteiger partial charge in [0, 0.05) is 46.3 Å². The molecule has 0 radical (unpaired) electrons. The molecule has 0 amide bonds. The van der Waals surface area contributed by atoms with Crippen LogP contribution in [0.1, 0.15) is 23.5 Å². The van der Waals surface area contributed by atoms with Crippen molar-refractivity contribution in [2.45, 2.75) is 19.5 Å². The molecule has 22 heavy (non-hydrogen) atoms. The topological polar surface area (TPSA) is 49.0 Å². The monoisotopic (exact) mass is 317 g/mol. The smallest absolute Gasteiger partial charge is 0.189 e. The van der Waals surface area contributed by atoms with Crippen molar-refractivity contribution in [3.8, 4) is 0 Å². The standard InChI is InChI=1S/C16H16FN3OS/c1-10(16-7-18-9-22-16)20(2)8-12-6-15(21)13-5-11(17)3-4-14(13)19-12/h3-7,9-10H,8H2,1-2H3,(H,19,21)/t10-/m0/s1. The van der Waals surface area contributed by atoms with Crippen molar-refractivity contribution in [3.05, 3.63) is 62.6 Å². The number of fused-ring (bicyclic) bond motifs is 1. The van der Waals surface area contributed by atoms with Gasteiger partial charge in [-0.15, -0.1) is 11.3 Å². The van der Waals surface area contributed by atoms with Crippen molar-refractivity contribution in [2.24, 2.45) is 0 Å². The van der Waals surface area contributed by atoms with Crippen molar-refractivity contribution < 1.29 is 4.39 Å². The molecule has 2 heterocycles. The maximum atomic E-state index is 13.2. The maximum Gasteiger partial charge on any atom is 0.189 e. The van der Waals surface area contributed by atoms with Gasteiger partial charge in [-0.1, -0.05) is 0 Å². The largest absolute Gasteiger partial charge is 0.357 e. The Morgan fingerprint density at radius 3 is 2.95 bits per heavy atom. The number of thiazole rings is 1. The first-order valence-corrected chi connectivity index (χ1v) is 7.82. The molecule has 1 atom stereocenters. The third-order valence-electron chi connectivity index (χ3n) is 3.79. The average molecular weight is 317 g/mol. The normalized spacial score (nSPS) is 12.9. The Kier molecular flexibility index (Phi) is 4.04. The van der Waals surface area contributed by atoms with Gasteiger partial charge >= 0.3 is 0 Å². The van der Waals surface area contributed by atoms with Crippen LogP contribution in [-0.4, -0.2) is 21.9 Å². The molecule has 3 rings (SSSR count). The first-order chi connectivity index (χ1) is 10.5. The second kappa shape index (κ2) is 5.98. The van der Waals surface area contributed by atoms with E-state index in [1.165, 1.54) is 23.1 Å². The number of H-pyrrole nitrogens is 1. The van der Waals surface area contributed by atoms with Gasteiger partial charge in [-0.05, 0) is 32.2 Å². The van der Waals surface area contributed by atoms with Crippen LogP contribution < -0.4 is 5.43 Å². The molecular formula is C16H16FN3OS. The van der Waals surface area contributed by atoms with Gasteiger partial charge in [0.25, 0.3) is 0 Å². The zero-order chi connectivity index (χ0) is 15.7. The zero-order valence-corrected chi connectivity index (χ0v) is 13.2. The minimum absolute atomic E-state index is 0.165. The van der Waals surface area contributed by atoms with E-state index in [4.69, 9.17) is 0 Å². The number of nitrogens with one attached hydrogen (secondary N) is 1. The number of nitrogens with zero attached hydrogens (tertiary/aromatic N) is 2. The molecule has 4 nitrogen and oxygen atoms in total. The maximum absolute atomic E-state index is 13.2. The Balaban J connectivity index is 1.88. The summed E-state index contributed by atoms with van der Waals surface area (Å²) in [6.45, 7) is 2.70. The van der Waals surface area contributed by atoms with Gasteiger partial charge in [0.05, 0.1) is 5.51 Å². The quantitative estimate of drug-likeness (QED) is 0.803. The Morgan fingerprint density at radius 1 is 1.41 bits per heavy atom. The first-order valence-electron chi connectivity index (χ1n) is 6.94. The van der Waals surface area contributed by atoms with E-state index in [0.717, 1.165) is 5.69 Å². The van der Waals surface area contributed by atoms with E-state index in [1.807, 2.05) is 18.8 Å². The molecule has 114 valence electrons. The van der Waals surface area contributed by atoms with Crippen LogP contribution in [0.4, 0.5) is 4.39 Å². The highest BCUT2D eigenvalue weighted by atomic mass is 32.1. The number of pyridine rings is 1. The van der Waals surface area contributed by atoms with E-state index >= 15 is 0 Å². The Bertz CT molecular complexity index is 844. The minimum atomic E-state index is -0.401. The van der Waals surface area contributed by atoms with Gasteiger partial charge in [-0.25, -0.2) is 4.39 Å². The molecular weight excluding hydrogens is 301 g/mol. The Morgan fingerprint density at radius 2 is 2.23 bits per heavy atom. The summed E-state index contributed by atoms with van der Waals surface area (Å²) in [5, 5.41) is 0.377. The average Bonchev–Trinajstić information content (AvgIpc) is 3.01. The van der Waals surface area contributed by atoms with E-state index in [0.29, 0.717) is 17.4 Å². The van der Waals surface area contributed by atoms with Crippen molar-refractivity contribution in [3.63, 3.8) is 0 Å². The van der Waals surface area contributed by atoms with E-state index in [1.54, 1.807) is 17.4 Å². The fourth-order valence-electron chi connectivity index (χ4n) is 2.41. The highest BCUT2D eigenvalue weighted by molar-refractivity contribution is 7.09. The van der Waals surface area contributed by atoms with Crippen LogP contribution in [0.25, 0.3) is 10.9 Å². The van der Waals surface area contributed by atoms with Crippen LogP contribution in [0.3, 0.4) is 0 Å².